The molecule has 10 radical (unpaired) electrons. The molecule has 0 amide bonds. The standard InChI is InChI=1S/C24H22NO2.C5H5.Fe/c1-17(19-10-6-7-11-19)24-22(16-26)21-14-20(27-2)12-13-23(21)25(24)15-18-8-4-3-5-9-18;1-2-4-5-3-1;/h3-14,16-17H,15H2,1-2H3;1-5H;/t17-;;/m0../s1. The summed E-state index contributed by atoms with van der Waals surface area (Å²) >= 11 is 0. The molecule has 2 saturated carbocycles. The smallest absolute Gasteiger partial charge is 0.152 e. The summed E-state index contributed by atoms with van der Waals surface area (Å²) < 4.78 is 7.67. The van der Waals surface area contributed by atoms with Crippen LogP contribution in [0.4, 0.5) is 0 Å². The van der Waals surface area contributed by atoms with Crippen LogP contribution in [0.2, 0.25) is 0 Å². The maximum absolute atomic E-state index is 12.1. The van der Waals surface area contributed by atoms with Gasteiger partial charge in [0, 0.05) is 51.7 Å². The van der Waals surface area contributed by atoms with E-state index in [-0.39, 0.29) is 23.0 Å². The van der Waals surface area contributed by atoms with E-state index in [2.05, 4.69) is 36.5 Å². The second-order valence-corrected chi connectivity index (χ2v) is 7.77. The third-order valence-corrected chi connectivity index (χ3v) is 5.81. The number of rotatable bonds is 6. The van der Waals surface area contributed by atoms with Crippen LogP contribution in [-0.4, -0.2) is 18.0 Å². The summed E-state index contributed by atoms with van der Waals surface area (Å²) in [5.41, 5.74) is 4.05. The molecule has 2 aromatic carbocycles. The third-order valence-electron chi connectivity index (χ3n) is 5.81. The van der Waals surface area contributed by atoms with Gasteiger partial charge in [-0.3, -0.25) is 4.79 Å². The van der Waals surface area contributed by atoms with Crippen molar-refractivity contribution in [3.63, 3.8) is 0 Å². The van der Waals surface area contributed by atoms with Crippen molar-refractivity contribution in [1.82, 2.24) is 4.57 Å². The fourth-order valence-corrected chi connectivity index (χ4v) is 4.19. The van der Waals surface area contributed by atoms with Gasteiger partial charge in [-0.25, -0.2) is 0 Å². The van der Waals surface area contributed by atoms with Gasteiger partial charge < -0.3 is 9.30 Å². The van der Waals surface area contributed by atoms with Crippen molar-refractivity contribution < 1.29 is 26.6 Å². The molecular weight excluding hydrogens is 450 g/mol. The van der Waals surface area contributed by atoms with Crippen molar-refractivity contribution in [2.75, 3.05) is 7.11 Å². The summed E-state index contributed by atoms with van der Waals surface area (Å²) in [5, 5.41) is 0.939. The molecule has 33 heavy (non-hydrogen) atoms. The quantitative estimate of drug-likeness (QED) is 0.320. The average molecular weight is 477 g/mol. The SMILES string of the molecule is COc1ccc2c(c1)c(C=O)c([C@@H](C)[C]1[CH][CH][CH][CH]1)n2Cc1ccccc1.[CH]1[CH][CH][CH][CH]1.[Fe]. The largest absolute Gasteiger partial charge is 0.497 e. The van der Waals surface area contributed by atoms with Gasteiger partial charge in [0.25, 0.3) is 0 Å². The number of nitrogens with zero attached hydrogens (tertiary/aromatic N) is 1. The zero-order chi connectivity index (χ0) is 22.3. The van der Waals surface area contributed by atoms with Crippen LogP contribution < -0.4 is 4.74 Å². The van der Waals surface area contributed by atoms with E-state index in [0.29, 0.717) is 0 Å². The van der Waals surface area contributed by atoms with Gasteiger partial charge in [0.15, 0.2) is 6.29 Å². The molecule has 2 fully saturated rings. The topological polar surface area (TPSA) is 31.2 Å². The predicted octanol–water partition coefficient (Wildman–Crippen LogP) is 6.04. The number of methoxy groups -OCH3 is 1. The van der Waals surface area contributed by atoms with Gasteiger partial charge in [-0.1, -0.05) is 37.3 Å². The summed E-state index contributed by atoms with van der Waals surface area (Å²) in [5.74, 6) is 2.08. The molecule has 0 aliphatic heterocycles. The van der Waals surface area contributed by atoms with Crippen LogP contribution in [0.1, 0.15) is 34.5 Å². The van der Waals surface area contributed by atoms with Crippen LogP contribution in [0.25, 0.3) is 10.9 Å². The maximum atomic E-state index is 12.1. The van der Waals surface area contributed by atoms with Gasteiger partial charge in [0.2, 0.25) is 0 Å². The summed E-state index contributed by atoms with van der Waals surface area (Å²) in [7, 11) is 1.65. The number of benzene rings is 2. The number of carbonyl (C=O) groups is 1. The van der Waals surface area contributed by atoms with Crippen LogP contribution in [0.5, 0.6) is 5.75 Å². The normalized spacial score (nSPS) is 16.7. The van der Waals surface area contributed by atoms with Crippen molar-refractivity contribution in [2.24, 2.45) is 0 Å². The molecule has 1 aromatic heterocycles. The Morgan fingerprint density at radius 1 is 0.909 bits per heavy atom. The number of ether oxygens (including phenoxy) is 1. The minimum absolute atomic E-state index is 0. The Morgan fingerprint density at radius 3 is 2.12 bits per heavy atom. The number of carbonyl (C=O) groups excluding carboxylic acids is 1. The maximum Gasteiger partial charge on any atom is 0.152 e. The molecular formula is C29H27FeNO2. The van der Waals surface area contributed by atoms with Crippen molar-refractivity contribution in [1.29, 1.82) is 0 Å². The molecule has 0 bridgehead atoms. The molecule has 2 aliphatic carbocycles. The number of hydrogen-bond acceptors (Lipinski definition) is 2. The molecule has 1 atom stereocenters. The molecule has 2 aliphatic rings. The van der Waals surface area contributed by atoms with Crippen molar-refractivity contribution in [3.05, 3.63) is 129 Å². The Kier molecular flexibility index (Phi) is 9.64. The predicted molar refractivity (Wildman–Crippen MR) is 130 cm³/mol. The van der Waals surface area contributed by atoms with E-state index in [4.69, 9.17) is 4.74 Å². The molecule has 168 valence electrons. The first-order valence-corrected chi connectivity index (χ1v) is 10.8. The molecule has 4 heteroatoms. The number of aromatic nitrogens is 1. The van der Waals surface area contributed by atoms with Crippen molar-refractivity contribution in [2.45, 2.75) is 19.4 Å². The molecule has 0 saturated heterocycles. The number of aldehydes is 1. The monoisotopic (exact) mass is 477 g/mol. The molecule has 1 heterocycles. The fraction of sp³-hybridized carbons (Fsp3) is 0.138. The Hall–Kier alpha value is -2.03. The van der Waals surface area contributed by atoms with Gasteiger partial charge in [-0.2, -0.15) is 0 Å². The van der Waals surface area contributed by atoms with Crippen LogP contribution >= 0.6 is 0 Å². The van der Waals surface area contributed by atoms with Gasteiger partial charge >= 0.3 is 0 Å². The van der Waals surface area contributed by atoms with E-state index in [1.54, 1.807) is 7.11 Å². The minimum Gasteiger partial charge on any atom is -0.497 e. The molecule has 5 rings (SSSR count). The van der Waals surface area contributed by atoms with E-state index in [1.165, 1.54) is 11.5 Å². The van der Waals surface area contributed by atoms with Crippen LogP contribution in [0, 0.1) is 63.7 Å². The summed E-state index contributed by atoms with van der Waals surface area (Å²) in [6.45, 7) is 2.88. The van der Waals surface area contributed by atoms with E-state index in [1.807, 2.05) is 81.3 Å². The van der Waals surface area contributed by atoms with Crippen LogP contribution in [-0.2, 0) is 23.6 Å². The zero-order valence-corrected chi connectivity index (χ0v) is 19.9. The van der Waals surface area contributed by atoms with Gasteiger partial charge in [-0.15, -0.1) is 0 Å². The Morgan fingerprint density at radius 2 is 1.55 bits per heavy atom. The Labute approximate surface area is 209 Å². The molecule has 3 aromatic rings. The van der Waals surface area contributed by atoms with Crippen molar-refractivity contribution in [3.8, 4) is 5.75 Å². The van der Waals surface area contributed by atoms with E-state index >= 15 is 0 Å². The van der Waals surface area contributed by atoms with Crippen LogP contribution in [0.15, 0.2) is 48.5 Å². The summed E-state index contributed by atoms with van der Waals surface area (Å²) in [6, 6.07) is 16.3. The molecule has 0 unspecified atom stereocenters. The van der Waals surface area contributed by atoms with Gasteiger partial charge in [0.05, 0.1) is 7.11 Å². The number of hydrogen-bond donors (Lipinski definition) is 0. The molecule has 0 N–H and O–H groups in total. The first-order chi connectivity index (χ1) is 15.7. The van der Waals surface area contributed by atoms with Gasteiger partial charge in [0.1, 0.15) is 5.75 Å². The van der Waals surface area contributed by atoms with E-state index in [9.17, 15) is 4.79 Å². The molecule has 3 nitrogen and oxygen atoms in total. The summed E-state index contributed by atoms with van der Waals surface area (Å²) in [4.78, 5) is 12.1. The Balaban J connectivity index is 0.000000453. The minimum atomic E-state index is 0. The third kappa shape index (κ3) is 5.91. The van der Waals surface area contributed by atoms with E-state index in [0.717, 1.165) is 40.7 Å². The first kappa shape index (κ1) is 25.6. The summed E-state index contributed by atoms with van der Waals surface area (Å²) in [6.07, 6.45) is 19.3. The second kappa shape index (κ2) is 12.4. The van der Waals surface area contributed by atoms with Gasteiger partial charge in [-0.05, 0) is 87.5 Å². The first-order valence-electron chi connectivity index (χ1n) is 10.8. The fourth-order valence-electron chi connectivity index (χ4n) is 4.19. The zero-order valence-electron chi connectivity index (χ0n) is 18.8. The molecule has 0 spiro atoms. The van der Waals surface area contributed by atoms with Crippen LogP contribution in [0.3, 0.4) is 0 Å². The van der Waals surface area contributed by atoms with Crippen molar-refractivity contribution >= 4 is 17.2 Å². The average Bonchev–Trinajstić information content (AvgIpc) is 3.62. The number of fused-ring (bicyclic) bond motifs is 1. The van der Waals surface area contributed by atoms with E-state index < -0.39 is 0 Å². The Bertz CT molecular complexity index is 1010. The second-order valence-electron chi connectivity index (χ2n) is 7.77.